The van der Waals surface area contributed by atoms with Gasteiger partial charge >= 0.3 is 0 Å². The van der Waals surface area contributed by atoms with E-state index in [0.717, 1.165) is 19.3 Å². The number of hydrogen-bond donors (Lipinski definition) is 1. The van der Waals surface area contributed by atoms with E-state index in [1.165, 1.54) is 10.6 Å². The first kappa shape index (κ1) is 16.6. The summed E-state index contributed by atoms with van der Waals surface area (Å²) >= 11 is 0. The number of sulfonamides is 1. The molecule has 0 radical (unpaired) electrons. The summed E-state index contributed by atoms with van der Waals surface area (Å²) in [4.78, 5) is 12.0. The molecule has 1 heterocycles. The minimum Gasteiger partial charge on any atom is -0.330 e. The van der Waals surface area contributed by atoms with Crippen LogP contribution < -0.4 is 5.73 Å². The van der Waals surface area contributed by atoms with Crippen molar-refractivity contribution in [3.8, 4) is 0 Å². The van der Waals surface area contributed by atoms with Crippen molar-refractivity contribution in [2.45, 2.75) is 39.0 Å². The second-order valence-electron chi connectivity index (χ2n) is 5.59. The zero-order valence-corrected chi connectivity index (χ0v) is 12.8. The molecule has 1 saturated heterocycles. The number of ketones is 1. The SMILES string of the molecule is CCC(CN)CC(=O)CC1CCCN(S(C)(=O)=O)C1. The summed E-state index contributed by atoms with van der Waals surface area (Å²) < 4.78 is 24.5. The second kappa shape index (κ2) is 7.36. The zero-order valence-electron chi connectivity index (χ0n) is 12.0. The van der Waals surface area contributed by atoms with Crippen LogP contribution in [0.5, 0.6) is 0 Å². The van der Waals surface area contributed by atoms with E-state index < -0.39 is 10.0 Å². The molecule has 1 aliphatic heterocycles. The number of piperidine rings is 1. The third kappa shape index (κ3) is 5.58. The Labute approximate surface area is 116 Å². The largest absolute Gasteiger partial charge is 0.330 e. The van der Waals surface area contributed by atoms with E-state index in [2.05, 4.69) is 0 Å². The maximum absolute atomic E-state index is 12.0. The Bertz CT molecular complexity index is 391. The summed E-state index contributed by atoms with van der Waals surface area (Å²) in [5, 5.41) is 0. The van der Waals surface area contributed by atoms with Crippen LogP contribution in [0, 0.1) is 11.8 Å². The Hall–Kier alpha value is -0.460. The average molecular weight is 290 g/mol. The molecule has 0 saturated carbocycles. The first-order valence-corrected chi connectivity index (χ1v) is 8.88. The van der Waals surface area contributed by atoms with E-state index in [9.17, 15) is 13.2 Å². The van der Waals surface area contributed by atoms with Gasteiger partial charge in [-0.2, -0.15) is 0 Å². The van der Waals surface area contributed by atoms with Gasteiger partial charge in [0.15, 0.2) is 0 Å². The van der Waals surface area contributed by atoms with Crippen LogP contribution in [0.25, 0.3) is 0 Å². The number of nitrogens with two attached hydrogens (primary N) is 1. The van der Waals surface area contributed by atoms with Gasteiger partial charge < -0.3 is 5.73 Å². The summed E-state index contributed by atoms with van der Waals surface area (Å²) in [6.07, 6.45) is 4.96. The quantitative estimate of drug-likeness (QED) is 0.758. The lowest BCUT2D eigenvalue weighted by atomic mass is 9.90. The summed E-state index contributed by atoms with van der Waals surface area (Å²) in [6, 6.07) is 0. The van der Waals surface area contributed by atoms with Gasteiger partial charge in [0.1, 0.15) is 5.78 Å². The maximum atomic E-state index is 12.0. The molecule has 112 valence electrons. The first-order valence-electron chi connectivity index (χ1n) is 7.03. The Morgan fingerprint density at radius 1 is 1.47 bits per heavy atom. The molecule has 0 spiro atoms. The summed E-state index contributed by atoms with van der Waals surface area (Å²) in [7, 11) is -3.12. The molecule has 0 aromatic heterocycles. The Morgan fingerprint density at radius 3 is 2.68 bits per heavy atom. The molecule has 2 N–H and O–H groups in total. The van der Waals surface area contributed by atoms with Crippen LogP contribution in [0.15, 0.2) is 0 Å². The van der Waals surface area contributed by atoms with Gasteiger partial charge in [-0.05, 0) is 31.2 Å². The number of carbonyl (C=O) groups excluding carboxylic acids is 1. The van der Waals surface area contributed by atoms with Gasteiger partial charge in [0, 0.05) is 25.9 Å². The van der Waals surface area contributed by atoms with Crippen LogP contribution in [0.3, 0.4) is 0 Å². The van der Waals surface area contributed by atoms with Gasteiger partial charge in [-0.15, -0.1) is 0 Å². The highest BCUT2D eigenvalue weighted by Crippen LogP contribution is 2.23. The lowest BCUT2D eigenvalue weighted by Crippen LogP contribution is -2.39. The second-order valence-corrected chi connectivity index (χ2v) is 7.57. The van der Waals surface area contributed by atoms with Crippen LogP contribution in [0.2, 0.25) is 0 Å². The fraction of sp³-hybridized carbons (Fsp3) is 0.923. The molecule has 2 unspecified atom stereocenters. The Morgan fingerprint density at radius 2 is 2.16 bits per heavy atom. The zero-order chi connectivity index (χ0) is 14.5. The minimum atomic E-state index is -3.12. The number of Topliss-reactive ketones (excluding diaryl/α,β-unsaturated/α-hetero) is 1. The molecule has 6 heteroatoms. The fourth-order valence-corrected chi connectivity index (χ4v) is 3.56. The van der Waals surface area contributed by atoms with E-state index in [4.69, 9.17) is 5.73 Å². The molecule has 1 aliphatic rings. The van der Waals surface area contributed by atoms with Crippen LogP contribution in [-0.4, -0.2) is 44.4 Å². The van der Waals surface area contributed by atoms with Crippen LogP contribution in [-0.2, 0) is 14.8 Å². The molecule has 5 nitrogen and oxygen atoms in total. The van der Waals surface area contributed by atoms with Crippen LogP contribution in [0.4, 0.5) is 0 Å². The highest BCUT2D eigenvalue weighted by molar-refractivity contribution is 7.88. The van der Waals surface area contributed by atoms with Gasteiger partial charge in [0.25, 0.3) is 0 Å². The summed E-state index contributed by atoms with van der Waals surface area (Å²) in [5.41, 5.74) is 5.60. The number of rotatable bonds is 7. The normalized spacial score (nSPS) is 23.2. The molecular formula is C13H26N2O3S. The lowest BCUT2D eigenvalue weighted by molar-refractivity contribution is -0.121. The van der Waals surface area contributed by atoms with Crippen molar-refractivity contribution >= 4 is 15.8 Å². The maximum Gasteiger partial charge on any atom is 0.211 e. The molecular weight excluding hydrogens is 264 g/mol. The molecule has 0 amide bonds. The fourth-order valence-electron chi connectivity index (χ4n) is 2.62. The topological polar surface area (TPSA) is 80.5 Å². The Balaban J connectivity index is 2.46. The summed E-state index contributed by atoms with van der Waals surface area (Å²) in [5.74, 6) is 0.658. The van der Waals surface area contributed by atoms with Crippen molar-refractivity contribution in [1.29, 1.82) is 0 Å². The van der Waals surface area contributed by atoms with E-state index in [0.29, 0.717) is 32.5 Å². The Kier molecular flexibility index (Phi) is 6.42. The monoisotopic (exact) mass is 290 g/mol. The van der Waals surface area contributed by atoms with Crippen molar-refractivity contribution in [3.05, 3.63) is 0 Å². The number of hydrogen-bond acceptors (Lipinski definition) is 4. The van der Waals surface area contributed by atoms with E-state index in [1.807, 2.05) is 6.92 Å². The van der Waals surface area contributed by atoms with E-state index in [1.54, 1.807) is 0 Å². The standard InChI is InChI=1S/C13H26N2O3S/c1-3-11(9-14)7-13(16)8-12-5-4-6-15(10-12)19(2,17)18/h11-12H,3-10,14H2,1-2H3. The van der Waals surface area contributed by atoms with Crippen molar-refractivity contribution in [2.75, 3.05) is 25.9 Å². The van der Waals surface area contributed by atoms with Crippen LogP contribution >= 0.6 is 0 Å². The summed E-state index contributed by atoms with van der Waals surface area (Å²) in [6.45, 7) is 3.66. The van der Waals surface area contributed by atoms with E-state index in [-0.39, 0.29) is 17.6 Å². The molecule has 0 aromatic carbocycles. The van der Waals surface area contributed by atoms with Crippen molar-refractivity contribution in [1.82, 2.24) is 4.31 Å². The van der Waals surface area contributed by atoms with Gasteiger partial charge in [-0.25, -0.2) is 12.7 Å². The molecule has 2 atom stereocenters. The molecule has 0 aromatic rings. The number of nitrogens with zero attached hydrogens (tertiary/aromatic N) is 1. The lowest BCUT2D eigenvalue weighted by Gasteiger charge is -2.30. The van der Waals surface area contributed by atoms with Crippen molar-refractivity contribution < 1.29 is 13.2 Å². The van der Waals surface area contributed by atoms with Gasteiger partial charge in [0.05, 0.1) is 6.26 Å². The third-order valence-corrected chi connectivity index (χ3v) is 5.16. The van der Waals surface area contributed by atoms with Crippen LogP contribution in [0.1, 0.15) is 39.0 Å². The van der Waals surface area contributed by atoms with Crippen molar-refractivity contribution in [3.63, 3.8) is 0 Å². The van der Waals surface area contributed by atoms with Gasteiger partial charge in [-0.3, -0.25) is 4.79 Å². The van der Waals surface area contributed by atoms with Gasteiger partial charge in [0.2, 0.25) is 10.0 Å². The minimum absolute atomic E-state index is 0.172. The average Bonchev–Trinajstić information content (AvgIpc) is 2.35. The van der Waals surface area contributed by atoms with E-state index >= 15 is 0 Å². The molecule has 19 heavy (non-hydrogen) atoms. The smallest absolute Gasteiger partial charge is 0.211 e. The molecule has 1 rings (SSSR count). The van der Waals surface area contributed by atoms with Crippen molar-refractivity contribution in [2.24, 2.45) is 17.6 Å². The molecule has 1 fully saturated rings. The highest BCUT2D eigenvalue weighted by Gasteiger charge is 2.27. The first-order chi connectivity index (χ1) is 8.86. The predicted octanol–water partition coefficient (Wildman–Crippen LogP) is 0.992. The highest BCUT2D eigenvalue weighted by atomic mass is 32.2. The predicted molar refractivity (Wildman–Crippen MR) is 76.2 cm³/mol. The molecule has 0 bridgehead atoms. The van der Waals surface area contributed by atoms with Gasteiger partial charge in [-0.1, -0.05) is 13.3 Å². The number of carbonyl (C=O) groups is 1. The molecule has 0 aliphatic carbocycles. The third-order valence-electron chi connectivity index (χ3n) is 3.89.